The van der Waals surface area contributed by atoms with Crippen molar-refractivity contribution in [3.05, 3.63) is 35.7 Å². The van der Waals surface area contributed by atoms with Crippen LogP contribution < -0.4 is 10.7 Å². The fourth-order valence-electron chi connectivity index (χ4n) is 2.90. The number of rotatable bonds is 1. The Balaban J connectivity index is 2.22. The minimum Gasteiger partial charge on any atom is -0.329 e. The number of ketones is 1. The topological polar surface area (TPSA) is 83.9 Å². The second-order valence-corrected chi connectivity index (χ2v) is 5.77. The van der Waals surface area contributed by atoms with Crippen LogP contribution in [-0.2, 0) is 4.79 Å². The third kappa shape index (κ3) is 1.79. The first-order valence-corrected chi connectivity index (χ1v) is 6.63. The molecule has 20 heavy (non-hydrogen) atoms. The van der Waals surface area contributed by atoms with E-state index in [1.165, 1.54) is 0 Å². The Labute approximate surface area is 117 Å². The molecule has 104 valence electrons. The van der Waals surface area contributed by atoms with Crippen LogP contribution in [0.1, 0.15) is 31.9 Å². The smallest absolute Gasteiger partial charge is 0.188 e. The number of hydrogen-bond acceptors (Lipinski definition) is 5. The Kier molecular flexibility index (Phi) is 2.81. The van der Waals surface area contributed by atoms with Crippen LogP contribution in [0.15, 0.2) is 40.4 Å². The highest BCUT2D eigenvalue weighted by Gasteiger charge is 2.41. The number of fused-ring (bicyclic) bond motifs is 3. The predicted molar refractivity (Wildman–Crippen MR) is 74.9 cm³/mol. The molecule has 6 heteroatoms. The molecule has 0 radical (unpaired) electrons. The molecule has 1 aromatic heterocycles. The summed E-state index contributed by atoms with van der Waals surface area (Å²) >= 11 is 0. The van der Waals surface area contributed by atoms with Crippen LogP contribution in [0.4, 0.5) is 5.82 Å². The Morgan fingerprint density at radius 1 is 1.50 bits per heavy atom. The Hall–Kier alpha value is -2.24. The number of carbonyl (C=O) groups excluding carboxylic acids is 1. The van der Waals surface area contributed by atoms with Gasteiger partial charge in [-0.05, 0) is 12.5 Å². The number of pyridine rings is 1. The zero-order valence-corrected chi connectivity index (χ0v) is 11.6. The van der Waals surface area contributed by atoms with Gasteiger partial charge in [-0.3, -0.25) is 4.79 Å². The fourth-order valence-corrected chi connectivity index (χ4v) is 2.90. The zero-order chi connectivity index (χ0) is 14.3. The van der Waals surface area contributed by atoms with Gasteiger partial charge in [-0.2, -0.15) is 5.11 Å². The Morgan fingerprint density at radius 3 is 3.05 bits per heavy atom. The van der Waals surface area contributed by atoms with Crippen LogP contribution in [0, 0.1) is 5.41 Å². The lowest BCUT2D eigenvalue weighted by atomic mass is 9.88. The molecule has 1 aromatic rings. The minimum absolute atomic E-state index is 0.0425. The maximum absolute atomic E-state index is 12.5. The number of carbonyl (C=O) groups is 1. The van der Waals surface area contributed by atoms with Crippen LogP contribution >= 0.6 is 0 Å². The molecule has 3 heterocycles. The van der Waals surface area contributed by atoms with E-state index in [2.05, 4.69) is 34.1 Å². The van der Waals surface area contributed by atoms with E-state index in [0.29, 0.717) is 0 Å². The van der Waals surface area contributed by atoms with Gasteiger partial charge in [0.15, 0.2) is 11.8 Å². The summed E-state index contributed by atoms with van der Waals surface area (Å²) in [6, 6.07) is 2.97. The molecule has 1 fully saturated rings. The standard InChI is InChI=1S/C14H17N5O/c1-14(2)5-7-19-11(14)8-10(20)12(17-18-15)9-4-3-6-16-13(9)19/h3-4,6,8,12H,5,7H2,1-2H3,(H2,15,17). The number of hydrogen-bond donors (Lipinski definition) is 1. The number of nitrogens with two attached hydrogens (primary N) is 1. The number of aromatic nitrogens is 1. The van der Waals surface area contributed by atoms with Gasteiger partial charge in [0.1, 0.15) is 5.82 Å². The SMILES string of the molecule is CC1(C)CCN2C1=CC(=O)C(N=NN)c1cccnc12. The van der Waals surface area contributed by atoms with E-state index in [1.54, 1.807) is 18.3 Å². The van der Waals surface area contributed by atoms with Gasteiger partial charge < -0.3 is 10.7 Å². The van der Waals surface area contributed by atoms with Crippen molar-refractivity contribution in [2.45, 2.75) is 26.3 Å². The zero-order valence-electron chi connectivity index (χ0n) is 11.6. The van der Waals surface area contributed by atoms with Crippen molar-refractivity contribution in [1.82, 2.24) is 4.98 Å². The number of anilines is 1. The van der Waals surface area contributed by atoms with E-state index >= 15 is 0 Å². The number of nitrogens with zero attached hydrogens (tertiary/aromatic N) is 4. The maximum atomic E-state index is 12.5. The van der Waals surface area contributed by atoms with Crippen molar-refractivity contribution >= 4 is 11.6 Å². The molecule has 0 aromatic carbocycles. The number of allylic oxidation sites excluding steroid dienone is 1. The first-order valence-electron chi connectivity index (χ1n) is 6.63. The Bertz CT molecular complexity index is 620. The predicted octanol–water partition coefficient (Wildman–Crippen LogP) is 2.15. The van der Waals surface area contributed by atoms with Crippen LogP contribution in [0.3, 0.4) is 0 Å². The van der Waals surface area contributed by atoms with Crippen LogP contribution in [0.5, 0.6) is 0 Å². The molecule has 2 aliphatic heterocycles. The van der Waals surface area contributed by atoms with Crippen LogP contribution in [0.25, 0.3) is 0 Å². The summed E-state index contributed by atoms with van der Waals surface area (Å²) in [5.41, 5.74) is 1.71. The molecule has 0 aliphatic carbocycles. The van der Waals surface area contributed by atoms with Gasteiger partial charge in [-0.25, -0.2) is 4.98 Å². The van der Waals surface area contributed by atoms with E-state index in [0.717, 1.165) is 30.0 Å². The summed E-state index contributed by atoms with van der Waals surface area (Å²) in [4.78, 5) is 19.0. The maximum Gasteiger partial charge on any atom is 0.188 e. The van der Waals surface area contributed by atoms with Crippen molar-refractivity contribution in [3.8, 4) is 0 Å². The summed E-state index contributed by atoms with van der Waals surface area (Å²) < 4.78 is 0. The quantitative estimate of drug-likeness (QED) is 0.482. The molecule has 0 saturated carbocycles. The van der Waals surface area contributed by atoms with Gasteiger partial charge in [0.25, 0.3) is 0 Å². The summed E-state index contributed by atoms with van der Waals surface area (Å²) in [7, 11) is 0. The van der Waals surface area contributed by atoms with Crippen LogP contribution in [-0.4, -0.2) is 17.3 Å². The van der Waals surface area contributed by atoms with Gasteiger partial charge in [0.2, 0.25) is 0 Å². The van der Waals surface area contributed by atoms with E-state index in [1.807, 2.05) is 6.07 Å². The molecular formula is C14H17N5O. The summed E-state index contributed by atoms with van der Waals surface area (Å²) in [5, 5.41) is 7.19. The largest absolute Gasteiger partial charge is 0.329 e. The average Bonchev–Trinajstić information content (AvgIpc) is 2.64. The monoisotopic (exact) mass is 271 g/mol. The second kappa shape index (κ2) is 4.40. The molecule has 3 rings (SSSR count). The van der Waals surface area contributed by atoms with E-state index in [4.69, 9.17) is 5.84 Å². The molecule has 1 saturated heterocycles. The van der Waals surface area contributed by atoms with Gasteiger partial charge in [-0.1, -0.05) is 25.1 Å². The first-order chi connectivity index (χ1) is 9.54. The van der Waals surface area contributed by atoms with Gasteiger partial charge in [0.05, 0.1) is 0 Å². The third-order valence-corrected chi connectivity index (χ3v) is 4.04. The lowest BCUT2D eigenvalue weighted by Gasteiger charge is -2.25. The molecule has 2 N–H and O–H groups in total. The van der Waals surface area contributed by atoms with Gasteiger partial charge >= 0.3 is 0 Å². The lowest BCUT2D eigenvalue weighted by molar-refractivity contribution is -0.116. The molecule has 2 aliphatic rings. The van der Waals surface area contributed by atoms with Crippen molar-refractivity contribution in [3.63, 3.8) is 0 Å². The molecule has 1 unspecified atom stereocenters. The fraction of sp³-hybridized carbons (Fsp3) is 0.429. The van der Waals surface area contributed by atoms with E-state index < -0.39 is 6.04 Å². The third-order valence-electron chi connectivity index (χ3n) is 4.04. The summed E-state index contributed by atoms with van der Waals surface area (Å²) in [6.45, 7) is 5.13. The van der Waals surface area contributed by atoms with Crippen LogP contribution in [0.2, 0.25) is 0 Å². The lowest BCUT2D eigenvalue weighted by Crippen LogP contribution is -2.21. The average molecular weight is 271 g/mol. The molecule has 6 nitrogen and oxygen atoms in total. The normalized spacial score (nSPS) is 24.3. The molecule has 0 bridgehead atoms. The highest BCUT2D eigenvalue weighted by atomic mass is 16.1. The van der Waals surface area contributed by atoms with E-state index in [-0.39, 0.29) is 11.2 Å². The summed E-state index contributed by atoms with van der Waals surface area (Å²) in [5.74, 6) is 5.84. The van der Waals surface area contributed by atoms with Gasteiger partial charge in [0, 0.05) is 35.5 Å². The summed E-state index contributed by atoms with van der Waals surface area (Å²) in [6.07, 6.45) is 4.40. The molecular weight excluding hydrogens is 254 g/mol. The Morgan fingerprint density at radius 2 is 2.30 bits per heavy atom. The van der Waals surface area contributed by atoms with E-state index in [9.17, 15) is 4.79 Å². The molecule has 1 atom stereocenters. The minimum atomic E-state index is -0.697. The molecule has 0 amide bonds. The molecule has 0 spiro atoms. The van der Waals surface area contributed by atoms with Crippen molar-refractivity contribution < 1.29 is 4.79 Å². The highest BCUT2D eigenvalue weighted by Crippen LogP contribution is 2.45. The van der Waals surface area contributed by atoms with Crippen molar-refractivity contribution in [1.29, 1.82) is 0 Å². The second-order valence-electron chi connectivity index (χ2n) is 5.77. The van der Waals surface area contributed by atoms with Gasteiger partial charge in [-0.15, -0.1) is 0 Å². The highest BCUT2D eigenvalue weighted by molar-refractivity contribution is 5.98. The van der Waals surface area contributed by atoms with Crippen molar-refractivity contribution in [2.24, 2.45) is 21.6 Å². The first kappa shape index (κ1) is 12.8. The van der Waals surface area contributed by atoms with Crippen molar-refractivity contribution in [2.75, 3.05) is 11.4 Å².